The largest absolute Gasteiger partial charge is 0.383 e. The van der Waals surface area contributed by atoms with Crippen LogP contribution in [0.2, 0.25) is 0 Å². The van der Waals surface area contributed by atoms with E-state index in [0.29, 0.717) is 30.9 Å². The van der Waals surface area contributed by atoms with E-state index in [2.05, 4.69) is 15.7 Å². The zero-order valence-corrected chi connectivity index (χ0v) is 15.2. The van der Waals surface area contributed by atoms with Crippen LogP contribution < -0.4 is 10.6 Å². The Morgan fingerprint density at radius 2 is 2.00 bits per heavy atom. The second-order valence-electron chi connectivity index (χ2n) is 6.48. The van der Waals surface area contributed by atoms with Gasteiger partial charge in [0, 0.05) is 32.5 Å². The molecule has 2 aromatic rings. The zero-order chi connectivity index (χ0) is 19.4. The number of hydrogen-bond donors (Lipinski definition) is 2. The summed E-state index contributed by atoms with van der Waals surface area (Å²) in [7, 11) is 1.59. The van der Waals surface area contributed by atoms with Crippen molar-refractivity contribution in [2.45, 2.75) is 25.4 Å². The van der Waals surface area contributed by atoms with Crippen LogP contribution in [0, 0.1) is 5.82 Å². The van der Waals surface area contributed by atoms with Crippen LogP contribution in [0.1, 0.15) is 19.4 Å². The van der Waals surface area contributed by atoms with Gasteiger partial charge in [0.05, 0.1) is 30.6 Å². The number of benzene rings is 1. The molecule has 2 N–H and O–H groups in total. The van der Waals surface area contributed by atoms with E-state index in [0.717, 1.165) is 0 Å². The second kappa shape index (κ2) is 8.17. The van der Waals surface area contributed by atoms with Gasteiger partial charge in [-0.2, -0.15) is 5.10 Å². The Bertz CT molecular complexity index is 808. The van der Waals surface area contributed by atoms with E-state index < -0.39 is 0 Å². The molecule has 2 atom stereocenters. The molecule has 0 radical (unpaired) electrons. The molecule has 9 heteroatoms. The summed E-state index contributed by atoms with van der Waals surface area (Å²) in [5, 5.41) is 9.76. The van der Waals surface area contributed by atoms with E-state index in [1.165, 1.54) is 31.2 Å². The number of nitrogens with zero attached hydrogens (tertiary/aromatic N) is 3. The van der Waals surface area contributed by atoms with Gasteiger partial charge < -0.3 is 20.3 Å². The number of halogens is 1. The molecule has 27 heavy (non-hydrogen) atoms. The summed E-state index contributed by atoms with van der Waals surface area (Å²) in [5.41, 5.74) is 1.13. The molecular formula is C18H22FN5O3. The van der Waals surface area contributed by atoms with Crippen molar-refractivity contribution in [3.05, 3.63) is 42.5 Å². The third-order valence-corrected chi connectivity index (χ3v) is 4.40. The maximum atomic E-state index is 13.0. The van der Waals surface area contributed by atoms with Crippen molar-refractivity contribution in [1.29, 1.82) is 0 Å². The number of rotatable bonds is 5. The molecule has 8 nitrogen and oxygen atoms in total. The monoisotopic (exact) mass is 375 g/mol. The smallest absolute Gasteiger partial charge is 0.322 e. The second-order valence-corrected chi connectivity index (χ2v) is 6.48. The first-order valence-electron chi connectivity index (χ1n) is 8.60. The molecule has 1 saturated heterocycles. The molecule has 0 unspecified atom stereocenters. The number of carbonyl (C=O) groups is 2. The van der Waals surface area contributed by atoms with E-state index in [9.17, 15) is 14.0 Å². The molecule has 0 saturated carbocycles. The number of carbonyl (C=O) groups excluding carboxylic acids is 2. The summed E-state index contributed by atoms with van der Waals surface area (Å²) in [6.45, 7) is 2.28. The first-order valence-corrected chi connectivity index (χ1v) is 8.60. The Kier molecular flexibility index (Phi) is 5.70. The Balaban J connectivity index is 1.70. The van der Waals surface area contributed by atoms with Gasteiger partial charge in [-0.15, -0.1) is 0 Å². The average Bonchev–Trinajstić information content (AvgIpc) is 3.24. The van der Waals surface area contributed by atoms with Gasteiger partial charge in [0.2, 0.25) is 5.91 Å². The molecule has 0 spiro atoms. The molecule has 1 aromatic heterocycles. The molecule has 3 amide bonds. The lowest BCUT2D eigenvalue weighted by molar-refractivity contribution is -0.114. The van der Waals surface area contributed by atoms with Crippen LogP contribution in [-0.2, 0) is 9.53 Å². The lowest BCUT2D eigenvalue weighted by Crippen LogP contribution is -2.41. The van der Waals surface area contributed by atoms with Gasteiger partial charge >= 0.3 is 6.03 Å². The van der Waals surface area contributed by atoms with Crippen molar-refractivity contribution in [1.82, 2.24) is 14.7 Å². The standard InChI is InChI=1S/C18H22FN5O3/c1-12(25)21-15-8-20-24(9-15)16-7-17(11-27-2)23(10-16)18(26)22-14-5-3-13(19)4-6-14/h3-6,8-9,16-17H,7,10-11H2,1-2H3,(H,21,25)(H,22,26)/t16-,17-/m0/s1. The van der Waals surface area contributed by atoms with E-state index in [1.807, 2.05) is 0 Å². The fourth-order valence-corrected chi connectivity index (χ4v) is 3.22. The summed E-state index contributed by atoms with van der Waals surface area (Å²) < 4.78 is 20.0. The number of nitrogens with one attached hydrogen (secondary N) is 2. The Morgan fingerprint density at radius 1 is 1.26 bits per heavy atom. The third kappa shape index (κ3) is 4.62. The lowest BCUT2D eigenvalue weighted by atomic mass is 10.2. The first-order chi connectivity index (χ1) is 13.0. The van der Waals surface area contributed by atoms with Crippen molar-refractivity contribution in [3.63, 3.8) is 0 Å². The SMILES string of the molecule is COC[C@@H]1C[C@H](n2cc(NC(C)=O)cn2)CN1C(=O)Nc1ccc(F)cc1. The summed E-state index contributed by atoms with van der Waals surface area (Å²) in [6.07, 6.45) is 4.00. The van der Waals surface area contributed by atoms with Crippen LogP contribution in [-0.4, -0.2) is 52.9 Å². The highest BCUT2D eigenvalue weighted by atomic mass is 19.1. The number of anilines is 2. The van der Waals surface area contributed by atoms with Gasteiger partial charge in [0.1, 0.15) is 5.82 Å². The molecule has 3 rings (SSSR count). The lowest BCUT2D eigenvalue weighted by Gasteiger charge is -2.24. The van der Waals surface area contributed by atoms with Crippen LogP contribution in [0.4, 0.5) is 20.6 Å². The number of methoxy groups -OCH3 is 1. The van der Waals surface area contributed by atoms with Crippen molar-refractivity contribution in [2.75, 3.05) is 30.9 Å². The highest BCUT2D eigenvalue weighted by Crippen LogP contribution is 2.28. The fraction of sp³-hybridized carbons (Fsp3) is 0.389. The van der Waals surface area contributed by atoms with Crippen LogP contribution in [0.5, 0.6) is 0 Å². The predicted octanol–water partition coefficient (Wildman–Crippen LogP) is 2.47. The van der Waals surface area contributed by atoms with Crippen molar-refractivity contribution < 1.29 is 18.7 Å². The minimum atomic E-state index is -0.361. The highest BCUT2D eigenvalue weighted by molar-refractivity contribution is 5.90. The molecule has 1 aliphatic heterocycles. The Morgan fingerprint density at radius 3 is 2.67 bits per heavy atom. The number of hydrogen-bond acceptors (Lipinski definition) is 4. The van der Waals surface area contributed by atoms with E-state index >= 15 is 0 Å². The number of aromatic nitrogens is 2. The summed E-state index contributed by atoms with van der Waals surface area (Å²) >= 11 is 0. The minimum absolute atomic E-state index is 0.0355. The van der Waals surface area contributed by atoms with Crippen LogP contribution in [0.25, 0.3) is 0 Å². The topological polar surface area (TPSA) is 88.5 Å². The van der Waals surface area contributed by atoms with Crippen molar-refractivity contribution >= 4 is 23.3 Å². The predicted molar refractivity (Wildman–Crippen MR) is 98.0 cm³/mol. The molecule has 1 aromatic carbocycles. The van der Waals surface area contributed by atoms with Gasteiger partial charge in [-0.05, 0) is 30.7 Å². The number of urea groups is 1. The van der Waals surface area contributed by atoms with Crippen LogP contribution in [0.3, 0.4) is 0 Å². The average molecular weight is 375 g/mol. The maximum Gasteiger partial charge on any atom is 0.322 e. The van der Waals surface area contributed by atoms with Gasteiger partial charge in [0.25, 0.3) is 0 Å². The normalized spacial score (nSPS) is 19.1. The fourth-order valence-electron chi connectivity index (χ4n) is 3.22. The number of likely N-dealkylation sites (tertiary alicyclic amines) is 1. The zero-order valence-electron chi connectivity index (χ0n) is 15.2. The molecular weight excluding hydrogens is 353 g/mol. The first kappa shape index (κ1) is 18.8. The molecule has 1 aliphatic rings. The van der Waals surface area contributed by atoms with E-state index in [4.69, 9.17) is 4.74 Å². The molecule has 1 fully saturated rings. The van der Waals surface area contributed by atoms with Crippen molar-refractivity contribution in [3.8, 4) is 0 Å². The third-order valence-electron chi connectivity index (χ3n) is 4.40. The summed E-state index contributed by atoms with van der Waals surface area (Å²) in [4.78, 5) is 25.6. The minimum Gasteiger partial charge on any atom is -0.383 e. The molecule has 0 bridgehead atoms. The summed E-state index contributed by atoms with van der Waals surface area (Å²) in [5.74, 6) is -0.529. The van der Waals surface area contributed by atoms with Gasteiger partial charge in [-0.3, -0.25) is 9.48 Å². The molecule has 0 aliphatic carbocycles. The van der Waals surface area contributed by atoms with Gasteiger partial charge in [0.15, 0.2) is 0 Å². The molecule has 144 valence electrons. The van der Waals surface area contributed by atoms with Gasteiger partial charge in [-0.1, -0.05) is 0 Å². The van der Waals surface area contributed by atoms with Crippen molar-refractivity contribution in [2.24, 2.45) is 0 Å². The highest BCUT2D eigenvalue weighted by Gasteiger charge is 2.36. The van der Waals surface area contributed by atoms with Crippen LogP contribution >= 0.6 is 0 Å². The van der Waals surface area contributed by atoms with E-state index in [1.54, 1.807) is 29.1 Å². The van der Waals surface area contributed by atoms with E-state index in [-0.39, 0.29) is 29.8 Å². The van der Waals surface area contributed by atoms with Crippen LogP contribution in [0.15, 0.2) is 36.7 Å². The summed E-state index contributed by atoms with van der Waals surface area (Å²) in [6, 6.07) is 5.18. The quantitative estimate of drug-likeness (QED) is 0.840. The maximum absolute atomic E-state index is 13.0. The Hall–Kier alpha value is -2.94. The number of ether oxygens (including phenoxy) is 1. The number of amides is 3. The molecule has 2 heterocycles. The van der Waals surface area contributed by atoms with Gasteiger partial charge in [-0.25, -0.2) is 9.18 Å². The Labute approximate surface area is 156 Å².